The van der Waals surface area contributed by atoms with Crippen molar-refractivity contribution < 1.29 is 4.74 Å². The van der Waals surface area contributed by atoms with Crippen molar-refractivity contribution in [3.05, 3.63) is 65.2 Å². The summed E-state index contributed by atoms with van der Waals surface area (Å²) < 4.78 is 5.21. The highest BCUT2D eigenvalue weighted by molar-refractivity contribution is 5.79. The van der Waals surface area contributed by atoms with Crippen LogP contribution in [0.1, 0.15) is 30.5 Å². The molecule has 0 saturated heterocycles. The molecule has 0 aliphatic rings. The van der Waals surface area contributed by atoms with E-state index in [1.54, 1.807) is 7.11 Å². The van der Waals surface area contributed by atoms with Crippen molar-refractivity contribution in [1.82, 2.24) is 15.5 Å². The molecule has 2 N–H and O–H groups in total. The first-order chi connectivity index (χ1) is 13.6. The minimum atomic E-state index is 0.668. The molecule has 0 fully saturated rings. The Morgan fingerprint density at radius 2 is 1.75 bits per heavy atom. The maximum atomic E-state index is 5.21. The molecule has 2 rings (SSSR count). The molecule has 2 aromatic rings. The Kier molecular flexibility index (Phi) is 9.35. The van der Waals surface area contributed by atoms with Gasteiger partial charge in [0.05, 0.1) is 13.7 Å². The Bertz CT molecular complexity index is 728. The van der Waals surface area contributed by atoms with Gasteiger partial charge in [-0.15, -0.1) is 0 Å². The third-order valence-electron chi connectivity index (χ3n) is 4.61. The number of benzene rings is 2. The molecule has 5 nitrogen and oxygen atoms in total. The fourth-order valence-electron chi connectivity index (χ4n) is 2.88. The van der Waals surface area contributed by atoms with Crippen LogP contribution in [0.4, 0.5) is 0 Å². The molecule has 0 heterocycles. The first kappa shape index (κ1) is 21.8. The lowest BCUT2D eigenvalue weighted by Crippen LogP contribution is -2.38. The zero-order chi connectivity index (χ0) is 20.2. The minimum absolute atomic E-state index is 0.668. The number of nitrogens with zero attached hydrogens (tertiary/aromatic N) is 2. The van der Waals surface area contributed by atoms with E-state index < -0.39 is 0 Å². The van der Waals surface area contributed by atoms with Gasteiger partial charge in [-0.3, -0.25) is 0 Å². The summed E-state index contributed by atoms with van der Waals surface area (Å²) >= 11 is 0. The average molecular weight is 383 g/mol. The smallest absolute Gasteiger partial charge is 0.191 e. The molecule has 0 aromatic heterocycles. The van der Waals surface area contributed by atoms with Crippen LogP contribution in [0.2, 0.25) is 0 Å². The molecular weight excluding hydrogens is 348 g/mol. The van der Waals surface area contributed by atoms with Gasteiger partial charge >= 0.3 is 0 Å². The maximum Gasteiger partial charge on any atom is 0.191 e. The summed E-state index contributed by atoms with van der Waals surface area (Å²) in [6.07, 6.45) is 0.938. The summed E-state index contributed by atoms with van der Waals surface area (Å²) in [5.74, 6) is 1.74. The van der Waals surface area contributed by atoms with Gasteiger partial charge in [0.2, 0.25) is 0 Å². The topological polar surface area (TPSA) is 48.9 Å². The van der Waals surface area contributed by atoms with Crippen LogP contribution in [-0.4, -0.2) is 44.7 Å². The van der Waals surface area contributed by atoms with Gasteiger partial charge in [-0.1, -0.05) is 43.3 Å². The van der Waals surface area contributed by atoms with Gasteiger partial charge in [0, 0.05) is 19.6 Å². The molecule has 0 unspecified atom stereocenters. The molecule has 0 aliphatic carbocycles. The first-order valence-electron chi connectivity index (χ1n) is 10.1. The predicted octanol–water partition coefficient (Wildman–Crippen LogP) is 3.44. The fraction of sp³-hybridized carbons (Fsp3) is 0.435. The van der Waals surface area contributed by atoms with Crippen LogP contribution >= 0.6 is 0 Å². The minimum Gasteiger partial charge on any atom is -0.497 e. The molecule has 0 saturated carbocycles. The van der Waals surface area contributed by atoms with E-state index in [-0.39, 0.29) is 0 Å². The number of hydrogen-bond acceptors (Lipinski definition) is 3. The van der Waals surface area contributed by atoms with E-state index in [1.807, 2.05) is 12.1 Å². The Morgan fingerprint density at radius 1 is 1.00 bits per heavy atom. The summed E-state index contributed by atoms with van der Waals surface area (Å²) in [6.45, 7) is 8.62. The van der Waals surface area contributed by atoms with Gasteiger partial charge in [-0.25, -0.2) is 4.99 Å². The number of rotatable bonds is 10. The van der Waals surface area contributed by atoms with Crippen LogP contribution in [0, 0.1) is 0 Å². The van der Waals surface area contributed by atoms with Gasteiger partial charge in [-0.05, 0) is 55.8 Å². The van der Waals surface area contributed by atoms with Gasteiger partial charge < -0.3 is 20.3 Å². The van der Waals surface area contributed by atoms with Gasteiger partial charge in [0.15, 0.2) is 5.96 Å². The molecule has 0 bridgehead atoms. The number of guanidine groups is 1. The molecule has 0 spiro atoms. The molecular formula is C23H34N4O. The quantitative estimate of drug-likeness (QED) is 0.488. The van der Waals surface area contributed by atoms with E-state index in [2.05, 4.69) is 72.8 Å². The van der Waals surface area contributed by atoms with Gasteiger partial charge in [-0.2, -0.15) is 0 Å². The molecule has 2 aromatic carbocycles. The van der Waals surface area contributed by atoms with Crippen molar-refractivity contribution >= 4 is 5.96 Å². The summed E-state index contributed by atoms with van der Waals surface area (Å²) in [6, 6.07) is 16.9. The zero-order valence-corrected chi connectivity index (χ0v) is 17.7. The molecule has 0 amide bonds. The first-order valence-corrected chi connectivity index (χ1v) is 10.1. The monoisotopic (exact) mass is 382 g/mol. The fourth-order valence-corrected chi connectivity index (χ4v) is 2.88. The molecule has 28 heavy (non-hydrogen) atoms. The van der Waals surface area contributed by atoms with E-state index in [0.29, 0.717) is 6.54 Å². The van der Waals surface area contributed by atoms with Gasteiger partial charge in [0.1, 0.15) is 5.75 Å². The highest BCUT2D eigenvalue weighted by Gasteiger charge is 2.02. The van der Waals surface area contributed by atoms with E-state index in [1.165, 1.54) is 16.7 Å². The van der Waals surface area contributed by atoms with Crippen LogP contribution in [0.15, 0.2) is 53.5 Å². The molecule has 0 radical (unpaired) electrons. The zero-order valence-electron chi connectivity index (χ0n) is 17.7. The normalized spacial score (nSPS) is 11.5. The van der Waals surface area contributed by atoms with Crippen LogP contribution < -0.4 is 15.4 Å². The van der Waals surface area contributed by atoms with Crippen LogP contribution in [0.3, 0.4) is 0 Å². The second kappa shape index (κ2) is 12.0. The predicted molar refractivity (Wildman–Crippen MR) is 118 cm³/mol. The summed E-state index contributed by atoms with van der Waals surface area (Å²) in [4.78, 5) is 7.04. The van der Waals surface area contributed by atoms with E-state index in [9.17, 15) is 0 Å². The van der Waals surface area contributed by atoms with E-state index in [4.69, 9.17) is 9.73 Å². The van der Waals surface area contributed by atoms with Gasteiger partial charge in [0.25, 0.3) is 0 Å². The SMILES string of the molecule is CCNC(=NCc1cccc(CN(C)CC)c1)NCCc1ccc(OC)cc1. The van der Waals surface area contributed by atoms with Crippen molar-refractivity contribution in [3.63, 3.8) is 0 Å². The molecule has 0 atom stereocenters. The number of ether oxygens (including phenoxy) is 1. The number of methoxy groups -OCH3 is 1. The second-order valence-corrected chi connectivity index (χ2v) is 6.87. The summed E-state index contributed by atoms with van der Waals surface area (Å²) in [7, 11) is 3.83. The van der Waals surface area contributed by atoms with Crippen molar-refractivity contribution in [2.24, 2.45) is 4.99 Å². The highest BCUT2D eigenvalue weighted by Crippen LogP contribution is 2.11. The number of nitrogens with one attached hydrogen (secondary N) is 2. The van der Waals surface area contributed by atoms with E-state index in [0.717, 1.165) is 44.3 Å². The van der Waals surface area contributed by atoms with Crippen molar-refractivity contribution in [2.75, 3.05) is 33.8 Å². The maximum absolute atomic E-state index is 5.21. The average Bonchev–Trinajstić information content (AvgIpc) is 2.72. The number of aliphatic imine (C=N–C) groups is 1. The van der Waals surface area contributed by atoms with Crippen molar-refractivity contribution in [2.45, 2.75) is 33.4 Å². The lowest BCUT2D eigenvalue weighted by Gasteiger charge is -2.14. The largest absolute Gasteiger partial charge is 0.497 e. The summed E-state index contributed by atoms with van der Waals surface area (Å²) in [5, 5.41) is 6.75. The van der Waals surface area contributed by atoms with Crippen LogP contribution in [0.25, 0.3) is 0 Å². The standard InChI is InChI=1S/C23H34N4O/c1-5-24-23(25-15-14-19-10-12-22(28-4)13-11-19)26-17-20-8-7-9-21(16-20)18-27(3)6-2/h7-13,16H,5-6,14-15,17-18H2,1-4H3,(H2,24,25,26). The Hall–Kier alpha value is -2.53. The third-order valence-corrected chi connectivity index (χ3v) is 4.61. The third kappa shape index (κ3) is 7.61. The molecule has 5 heteroatoms. The Balaban J connectivity index is 1.89. The second-order valence-electron chi connectivity index (χ2n) is 6.87. The number of hydrogen-bond donors (Lipinski definition) is 2. The van der Waals surface area contributed by atoms with Crippen molar-refractivity contribution in [3.8, 4) is 5.75 Å². The van der Waals surface area contributed by atoms with Crippen LogP contribution in [-0.2, 0) is 19.5 Å². The lowest BCUT2D eigenvalue weighted by molar-refractivity contribution is 0.345. The Morgan fingerprint density at radius 3 is 2.43 bits per heavy atom. The Labute approximate surface area is 169 Å². The van der Waals surface area contributed by atoms with Crippen LogP contribution in [0.5, 0.6) is 5.75 Å². The summed E-state index contributed by atoms with van der Waals surface area (Å²) in [5.41, 5.74) is 3.83. The molecule has 152 valence electrons. The van der Waals surface area contributed by atoms with E-state index >= 15 is 0 Å². The lowest BCUT2D eigenvalue weighted by atomic mass is 10.1. The molecule has 0 aliphatic heterocycles. The van der Waals surface area contributed by atoms with Crippen molar-refractivity contribution in [1.29, 1.82) is 0 Å². The highest BCUT2D eigenvalue weighted by atomic mass is 16.5.